The van der Waals surface area contributed by atoms with Crippen molar-refractivity contribution < 1.29 is 9.90 Å². The van der Waals surface area contributed by atoms with Crippen LogP contribution in [-0.2, 0) is 11.3 Å². The average molecular weight is 330 g/mol. The molecule has 0 spiro atoms. The van der Waals surface area contributed by atoms with Gasteiger partial charge in [0.05, 0.1) is 36.6 Å². The van der Waals surface area contributed by atoms with Crippen molar-refractivity contribution in [1.29, 1.82) is 0 Å². The van der Waals surface area contributed by atoms with E-state index >= 15 is 0 Å². The Morgan fingerprint density at radius 3 is 2.83 bits per heavy atom. The van der Waals surface area contributed by atoms with E-state index in [1.807, 2.05) is 16.5 Å². The Labute approximate surface area is 142 Å². The maximum absolute atomic E-state index is 11.8. The lowest BCUT2D eigenvalue weighted by atomic mass is 10.1. The molecule has 1 fully saturated rings. The number of aliphatic hydroxyl groups excluding tert-OH is 1. The van der Waals surface area contributed by atoms with Crippen molar-refractivity contribution in [2.45, 2.75) is 45.4 Å². The molecule has 1 amide bonds. The predicted molar refractivity (Wildman–Crippen MR) is 93.9 cm³/mol. The van der Waals surface area contributed by atoms with E-state index in [0.29, 0.717) is 25.7 Å². The van der Waals surface area contributed by atoms with Crippen LogP contribution in [0, 0.1) is 13.8 Å². The van der Waals surface area contributed by atoms with Gasteiger partial charge in [-0.25, -0.2) is 4.98 Å². The maximum atomic E-state index is 11.8. The first-order valence-electron chi connectivity index (χ1n) is 8.50. The number of nitrogens with zero attached hydrogens (tertiary/aromatic N) is 3. The second-order valence-corrected chi connectivity index (χ2v) is 7.01. The number of amides is 1. The van der Waals surface area contributed by atoms with Gasteiger partial charge in [-0.05, 0) is 57.0 Å². The Kier molecular flexibility index (Phi) is 4.87. The van der Waals surface area contributed by atoms with E-state index in [-0.39, 0.29) is 5.91 Å². The van der Waals surface area contributed by atoms with Gasteiger partial charge in [0, 0.05) is 12.6 Å². The third kappa shape index (κ3) is 4.13. The van der Waals surface area contributed by atoms with Gasteiger partial charge in [-0.1, -0.05) is 0 Å². The molecule has 1 saturated carbocycles. The van der Waals surface area contributed by atoms with Crippen LogP contribution in [0.3, 0.4) is 0 Å². The van der Waals surface area contributed by atoms with Crippen LogP contribution in [0.25, 0.3) is 11.0 Å². The van der Waals surface area contributed by atoms with Gasteiger partial charge < -0.3 is 15.0 Å². The standard InChI is InChI=1S/C18H26N4O2/c1-12-6-16-17(7-13(12)2)22(11-19-16)9-15(23)8-21(3)10-18(24)20-14-4-5-14/h6-7,11,14-15,23H,4-5,8-10H2,1-3H3,(H,20,24). The molecule has 6 nitrogen and oxygen atoms in total. The van der Waals surface area contributed by atoms with E-state index in [2.05, 4.69) is 36.3 Å². The van der Waals surface area contributed by atoms with E-state index in [1.165, 1.54) is 11.1 Å². The Morgan fingerprint density at radius 2 is 2.12 bits per heavy atom. The van der Waals surface area contributed by atoms with E-state index in [4.69, 9.17) is 0 Å². The zero-order chi connectivity index (χ0) is 17.3. The molecule has 0 saturated heterocycles. The largest absolute Gasteiger partial charge is 0.390 e. The molecule has 0 bridgehead atoms. The lowest BCUT2D eigenvalue weighted by Crippen LogP contribution is -2.40. The zero-order valence-electron chi connectivity index (χ0n) is 14.6. The average Bonchev–Trinajstić information content (AvgIpc) is 3.22. The minimum absolute atomic E-state index is 0.0337. The van der Waals surface area contributed by atoms with Crippen LogP contribution in [0.1, 0.15) is 24.0 Å². The summed E-state index contributed by atoms with van der Waals surface area (Å²) in [7, 11) is 1.86. The predicted octanol–water partition coefficient (Wildman–Crippen LogP) is 1.22. The number of hydrogen-bond donors (Lipinski definition) is 2. The van der Waals surface area contributed by atoms with Gasteiger partial charge in [-0.3, -0.25) is 9.69 Å². The van der Waals surface area contributed by atoms with Crippen molar-refractivity contribution in [2.75, 3.05) is 20.1 Å². The molecule has 1 aliphatic carbocycles. The number of likely N-dealkylation sites (N-methyl/N-ethyl adjacent to an activating group) is 1. The Bertz CT molecular complexity index is 736. The van der Waals surface area contributed by atoms with Crippen LogP contribution in [0.4, 0.5) is 0 Å². The number of hydrogen-bond acceptors (Lipinski definition) is 4. The molecule has 0 aliphatic heterocycles. The number of carbonyl (C=O) groups is 1. The zero-order valence-corrected chi connectivity index (χ0v) is 14.6. The van der Waals surface area contributed by atoms with Crippen molar-refractivity contribution in [3.63, 3.8) is 0 Å². The third-order valence-corrected chi connectivity index (χ3v) is 4.52. The number of aliphatic hydroxyl groups is 1. The van der Waals surface area contributed by atoms with Crippen molar-refractivity contribution in [3.8, 4) is 0 Å². The summed E-state index contributed by atoms with van der Waals surface area (Å²) in [5.41, 5.74) is 4.41. The summed E-state index contributed by atoms with van der Waals surface area (Å²) in [4.78, 5) is 18.1. The van der Waals surface area contributed by atoms with Crippen LogP contribution in [0.5, 0.6) is 0 Å². The molecule has 0 radical (unpaired) electrons. The fourth-order valence-corrected chi connectivity index (χ4v) is 2.91. The Morgan fingerprint density at radius 1 is 1.42 bits per heavy atom. The smallest absolute Gasteiger partial charge is 0.234 e. The molecule has 1 heterocycles. The molecular formula is C18H26N4O2. The first kappa shape index (κ1) is 16.9. The van der Waals surface area contributed by atoms with E-state index < -0.39 is 6.10 Å². The topological polar surface area (TPSA) is 70.4 Å². The van der Waals surface area contributed by atoms with Crippen molar-refractivity contribution >= 4 is 16.9 Å². The van der Waals surface area contributed by atoms with Gasteiger partial charge in [0.15, 0.2) is 0 Å². The molecule has 1 atom stereocenters. The van der Waals surface area contributed by atoms with Crippen LogP contribution in [0.2, 0.25) is 0 Å². The normalized spacial score (nSPS) is 15.9. The SMILES string of the molecule is Cc1cc2ncn(CC(O)CN(C)CC(=O)NC3CC3)c2cc1C. The molecule has 6 heteroatoms. The minimum Gasteiger partial charge on any atom is -0.390 e. The molecule has 130 valence electrons. The molecule has 1 unspecified atom stereocenters. The van der Waals surface area contributed by atoms with Gasteiger partial charge in [0.2, 0.25) is 5.91 Å². The van der Waals surface area contributed by atoms with E-state index in [1.54, 1.807) is 6.33 Å². The Hall–Kier alpha value is -1.92. The fraction of sp³-hybridized carbons (Fsp3) is 0.556. The molecule has 24 heavy (non-hydrogen) atoms. The first-order chi connectivity index (χ1) is 11.4. The van der Waals surface area contributed by atoms with E-state index in [9.17, 15) is 9.90 Å². The maximum Gasteiger partial charge on any atom is 0.234 e. The van der Waals surface area contributed by atoms with Crippen molar-refractivity contribution in [1.82, 2.24) is 19.8 Å². The highest BCUT2D eigenvalue weighted by atomic mass is 16.3. The molecule has 1 aliphatic rings. The monoisotopic (exact) mass is 330 g/mol. The molecular weight excluding hydrogens is 304 g/mol. The highest BCUT2D eigenvalue weighted by Crippen LogP contribution is 2.19. The van der Waals surface area contributed by atoms with Crippen LogP contribution in [-0.4, -0.2) is 57.7 Å². The van der Waals surface area contributed by atoms with E-state index in [0.717, 1.165) is 23.9 Å². The number of carbonyl (C=O) groups excluding carboxylic acids is 1. The highest BCUT2D eigenvalue weighted by molar-refractivity contribution is 5.78. The summed E-state index contributed by atoms with van der Waals surface area (Å²) in [6.07, 6.45) is 3.39. The molecule has 2 aromatic rings. The van der Waals surface area contributed by atoms with Crippen molar-refractivity contribution in [2.24, 2.45) is 0 Å². The van der Waals surface area contributed by atoms with Gasteiger partial charge in [0.25, 0.3) is 0 Å². The summed E-state index contributed by atoms with van der Waals surface area (Å²) in [6, 6.07) is 4.55. The second kappa shape index (κ2) is 6.91. The fourth-order valence-electron chi connectivity index (χ4n) is 2.91. The molecule has 3 rings (SSSR count). The minimum atomic E-state index is -0.553. The number of aromatic nitrogens is 2. The highest BCUT2D eigenvalue weighted by Gasteiger charge is 2.23. The van der Waals surface area contributed by atoms with Crippen LogP contribution < -0.4 is 5.32 Å². The number of fused-ring (bicyclic) bond motifs is 1. The number of nitrogens with one attached hydrogen (secondary N) is 1. The van der Waals surface area contributed by atoms with Gasteiger partial charge >= 0.3 is 0 Å². The van der Waals surface area contributed by atoms with Crippen LogP contribution >= 0.6 is 0 Å². The molecule has 2 N–H and O–H groups in total. The molecule has 1 aromatic carbocycles. The lowest BCUT2D eigenvalue weighted by molar-refractivity contribution is -0.122. The van der Waals surface area contributed by atoms with Gasteiger partial charge in [-0.2, -0.15) is 0 Å². The molecule has 1 aromatic heterocycles. The summed E-state index contributed by atoms with van der Waals surface area (Å²) >= 11 is 0. The van der Waals surface area contributed by atoms with Crippen molar-refractivity contribution in [3.05, 3.63) is 29.6 Å². The quantitative estimate of drug-likeness (QED) is 0.801. The lowest BCUT2D eigenvalue weighted by Gasteiger charge is -2.20. The summed E-state index contributed by atoms with van der Waals surface area (Å²) < 4.78 is 1.98. The van der Waals surface area contributed by atoms with Gasteiger partial charge in [-0.15, -0.1) is 0 Å². The van der Waals surface area contributed by atoms with Gasteiger partial charge in [0.1, 0.15) is 0 Å². The first-order valence-corrected chi connectivity index (χ1v) is 8.50. The number of imidazole rings is 1. The number of benzene rings is 1. The summed E-state index contributed by atoms with van der Waals surface area (Å²) in [6.45, 7) is 5.38. The summed E-state index contributed by atoms with van der Waals surface area (Å²) in [5, 5.41) is 13.3. The number of aryl methyl sites for hydroxylation is 2. The Balaban J connectivity index is 1.57. The third-order valence-electron chi connectivity index (χ3n) is 4.52. The number of rotatable bonds is 7. The second-order valence-electron chi connectivity index (χ2n) is 7.01. The van der Waals surface area contributed by atoms with Crippen LogP contribution in [0.15, 0.2) is 18.5 Å². The summed E-state index contributed by atoms with van der Waals surface area (Å²) in [5.74, 6) is 0.0337.